The van der Waals surface area contributed by atoms with Crippen LogP contribution in [0.5, 0.6) is 5.75 Å². The number of halogens is 4. The molecular formula is C18H18ClF3N3O3+. The second kappa shape index (κ2) is 9.43. The van der Waals surface area contributed by atoms with Crippen molar-refractivity contribution in [2.24, 2.45) is 0 Å². The molecule has 2 amide bonds. The smallest absolute Gasteiger partial charge is 0.279 e. The number of benzene rings is 2. The second-order valence-electron chi connectivity index (χ2n) is 5.98. The zero-order valence-corrected chi connectivity index (χ0v) is 15.8. The highest BCUT2D eigenvalue weighted by Crippen LogP contribution is 2.27. The van der Waals surface area contributed by atoms with Gasteiger partial charge >= 0.3 is 0 Å². The van der Waals surface area contributed by atoms with Crippen molar-refractivity contribution in [1.29, 1.82) is 0 Å². The van der Waals surface area contributed by atoms with Gasteiger partial charge in [0.25, 0.3) is 11.8 Å². The highest BCUT2D eigenvalue weighted by Gasteiger charge is 2.18. The van der Waals surface area contributed by atoms with Gasteiger partial charge in [0.05, 0.1) is 24.9 Å². The predicted octanol–water partition coefficient (Wildman–Crippen LogP) is 1.86. The second-order valence-corrected chi connectivity index (χ2v) is 6.39. The molecule has 0 saturated heterocycles. The lowest BCUT2D eigenvalue weighted by Gasteiger charge is -2.14. The van der Waals surface area contributed by atoms with Gasteiger partial charge in [0, 0.05) is 5.69 Å². The first kappa shape index (κ1) is 21.5. The molecule has 1 unspecified atom stereocenters. The average molecular weight is 417 g/mol. The lowest BCUT2D eigenvalue weighted by atomic mass is 10.2. The van der Waals surface area contributed by atoms with Crippen molar-refractivity contribution in [2.45, 2.75) is 0 Å². The summed E-state index contributed by atoms with van der Waals surface area (Å²) in [5.74, 6) is -5.10. The minimum atomic E-state index is -1.67. The number of likely N-dealkylation sites (N-methyl/N-ethyl adjacent to an activating group) is 1. The fourth-order valence-electron chi connectivity index (χ4n) is 2.38. The molecule has 0 saturated carbocycles. The van der Waals surface area contributed by atoms with Gasteiger partial charge in [0.15, 0.2) is 30.5 Å². The zero-order valence-electron chi connectivity index (χ0n) is 15.0. The van der Waals surface area contributed by atoms with Crippen molar-refractivity contribution in [2.75, 3.05) is 37.9 Å². The van der Waals surface area contributed by atoms with Crippen molar-refractivity contribution in [3.05, 3.63) is 52.8 Å². The van der Waals surface area contributed by atoms with Gasteiger partial charge < -0.3 is 20.3 Å². The van der Waals surface area contributed by atoms with Crippen LogP contribution in [0.3, 0.4) is 0 Å². The maximum Gasteiger partial charge on any atom is 0.279 e. The third-order valence-electron chi connectivity index (χ3n) is 3.67. The average Bonchev–Trinajstić information content (AvgIpc) is 2.62. The lowest BCUT2D eigenvalue weighted by molar-refractivity contribution is -0.862. The number of carbonyl (C=O) groups excluding carboxylic acids is 2. The molecule has 28 heavy (non-hydrogen) atoms. The van der Waals surface area contributed by atoms with E-state index in [1.54, 1.807) is 19.2 Å². The molecule has 1 atom stereocenters. The quantitative estimate of drug-likeness (QED) is 0.603. The van der Waals surface area contributed by atoms with Crippen LogP contribution in [0.4, 0.5) is 24.5 Å². The van der Waals surface area contributed by atoms with E-state index in [0.717, 1.165) is 6.07 Å². The fraction of sp³-hybridized carbons (Fsp3) is 0.222. The summed E-state index contributed by atoms with van der Waals surface area (Å²) in [6.45, 7) is -0.271. The Morgan fingerprint density at radius 3 is 2.29 bits per heavy atom. The number of anilines is 2. The first-order valence-corrected chi connectivity index (χ1v) is 8.47. The maximum absolute atomic E-state index is 13.6. The topological polar surface area (TPSA) is 71.9 Å². The standard InChI is InChI=1S/C18H17ClF3N3O3/c1-25(8-15(26)23-10-3-6-14(28-2)11(19)7-10)9-16(27)24-13-5-4-12(20)17(21)18(13)22/h3-7H,8-9H2,1-2H3,(H,23,26)(H,24,27)/p+1. The van der Waals surface area contributed by atoms with Crippen LogP contribution in [-0.2, 0) is 9.59 Å². The van der Waals surface area contributed by atoms with E-state index in [4.69, 9.17) is 16.3 Å². The first-order chi connectivity index (χ1) is 13.2. The molecule has 0 aromatic heterocycles. The van der Waals surface area contributed by atoms with Crippen molar-refractivity contribution in [3.63, 3.8) is 0 Å². The minimum Gasteiger partial charge on any atom is -0.495 e. The molecular weight excluding hydrogens is 399 g/mol. The SMILES string of the molecule is COc1ccc(NC(=O)C[NH+](C)CC(=O)Nc2ccc(F)c(F)c2F)cc1Cl. The van der Waals surface area contributed by atoms with E-state index >= 15 is 0 Å². The summed E-state index contributed by atoms with van der Waals surface area (Å²) in [5, 5.41) is 5.10. The van der Waals surface area contributed by atoms with Gasteiger partial charge in [-0.1, -0.05) is 11.6 Å². The molecule has 0 fully saturated rings. The Morgan fingerprint density at radius 2 is 1.68 bits per heavy atom. The Labute approximate surface area is 164 Å². The van der Waals surface area contributed by atoms with Crippen molar-refractivity contribution < 1.29 is 32.4 Å². The Bertz CT molecular complexity index is 896. The number of carbonyl (C=O) groups is 2. The fourth-order valence-corrected chi connectivity index (χ4v) is 2.63. The third kappa shape index (κ3) is 5.61. The van der Waals surface area contributed by atoms with E-state index in [1.165, 1.54) is 13.2 Å². The third-order valence-corrected chi connectivity index (χ3v) is 3.96. The van der Waals surface area contributed by atoms with Gasteiger partial charge in [-0.2, -0.15) is 0 Å². The van der Waals surface area contributed by atoms with E-state index in [2.05, 4.69) is 10.6 Å². The normalized spacial score (nSPS) is 11.6. The Kier molecular flexibility index (Phi) is 7.24. The summed E-state index contributed by atoms with van der Waals surface area (Å²) in [6.07, 6.45) is 0. The summed E-state index contributed by atoms with van der Waals surface area (Å²) >= 11 is 5.98. The monoisotopic (exact) mass is 416 g/mol. The van der Waals surface area contributed by atoms with Gasteiger partial charge in [0.1, 0.15) is 5.75 Å². The molecule has 2 rings (SSSR count). The number of amides is 2. The maximum atomic E-state index is 13.6. The first-order valence-electron chi connectivity index (χ1n) is 8.09. The van der Waals surface area contributed by atoms with E-state index < -0.39 is 29.0 Å². The largest absolute Gasteiger partial charge is 0.495 e. The highest BCUT2D eigenvalue weighted by molar-refractivity contribution is 6.32. The van der Waals surface area contributed by atoms with Crippen LogP contribution in [0, 0.1) is 17.5 Å². The van der Waals surface area contributed by atoms with Crippen LogP contribution >= 0.6 is 11.6 Å². The van der Waals surface area contributed by atoms with E-state index in [9.17, 15) is 22.8 Å². The molecule has 0 spiro atoms. The summed E-state index contributed by atoms with van der Waals surface area (Å²) in [7, 11) is 3.04. The molecule has 10 heteroatoms. The number of ether oxygens (including phenoxy) is 1. The van der Waals surface area contributed by atoms with E-state index in [1.807, 2.05) is 0 Å². The summed E-state index contributed by atoms with van der Waals surface area (Å²) in [5.41, 5.74) is -0.0223. The molecule has 0 heterocycles. The zero-order chi connectivity index (χ0) is 20.8. The molecule has 6 nitrogen and oxygen atoms in total. The number of nitrogens with one attached hydrogen (secondary N) is 3. The molecule has 2 aromatic carbocycles. The molecule has 0 aliphatic rings. The molecule has 150 valence electrons. The molecule has 3 N–H and O–H groups in total. The van der Waals surface area contributed by atoms with Crippen molar-refractivity contribution in [1.82, 2.24) is 0 Å². The molecule has 0 radical (unpaired) electrons. The Morgan fingerprint density at radius 1 is 1.04 bits per heavy atom. The summed E-state index contributed by atoms with van der Waals surface area (Å²) in [4.78, 5) is 24.5. The van der Waals surface area contributed by atoms with E-state index in [0.29, 0.717) is 27.4 Å². The molecule has 0 aliphatic heterocycles. The van der Waals surface area contributed by atoms with Crippen LogP contribution in [0.15, 0.2) is 30.3 Å². The minimum absolute atomic E-state index is 0.0721. The van der Waals surface area contributed by atoms with Crippen molar-refractivity contribution >= 4 is 34.8 Å². The van der Waals surface area contributed by atoms with Gasteiger partial charge in [-0.25, -0.2) is 13.2 Å². The van der Waals surface area contributed by atoms with Crippen LogP contribution in [0.25, 0.3) is 0 Å². The van der Waals surface area contributed by atoms with Crippen LogP contribution in [0.2, 0.25) is 5.02 Å². The van der Waals surface area contributed by atoms with Gasteiger partial charge in [-0.15, -0.1) is 0 Å². The van der Waals surface area contributed by atoms with E-state index in [-0.39, 0.29) is 19.0 Å². The van der Waals surface area contributed by atoms with Crippen LogP contribution < -0.4 is 20.3 Å². The summed E-state index contributed by atoms with van der Waals surface area (Å²) in [6, 6.07) is 6.35. The molecule has 2 aromatic rings. The highest BCUT2D eigenvalue weighted by atomic mass is 35.5. The number of quaternary nitrogens is 1. The number of hydrogen-bond acceptors (Lipinski definition) is 3. The molecule has 0 aliphatic carbocycles. The Hall–Kier alpha value is -2.78. The Balaban J connectivity index is 1.88. The van der Waals surface area contributed by atoms with Crippen LogP contribution in [-0.4, -0.2) is 39.1 Å². The van der Waals surface area contributed by atoms with Gasteiger partial charge in [-0.05, 0) is 30.3 Å². The molecule has 0 bridgehead atoms. The van der Waals surface area contributed by atoms with Crippen molar-refractivity contribution in [3.8, 4) is 5.75 Å². The number of hydrogen-bond donors (Lipinski definition) is 3. The van der Waals surface area contributed by atoms with Gasteiger partial charge in [0.2, 0.25) is 0 Å². The lowest BCUT2D eigenvalue weighted by Crippen LogP contribution is -3.11. The van der Waals surface area contributed by atoms with Crippen LogP contribution in [0.1, 0.15) is 0 Å². The number of methoxy groups -OCH3 is 1. The van der Waals surface area contributed by atoms with Gasteiger partial charge in [-0.3, -0.25) is 9.59 Å². The predicted molar refractivity (Wildman–Crippen MR) is 98.2 cm³/mol. The number of rotatable bonds is 7. The summed E-state index contributed by atoms with van der Waals surface area (Å²) < 4.78 is 44.7.